The third kappa shape index (κ3) is 6.45. The minimum atomic E-state index is 0.0651. The van der Waals surface area contributed by atoms with Crippen molar-refractivity contribution in [2.45, 2.75) is 38.0 Å². The molecule has 0 spiro atoms. The molecule has 0 saturated heterocycles. The molecule has 14 rings (SSSR count). The number of hydrogen-bond donors (Lipinski definition) is 0. The molecule has 10 aromatic carbocycles. The van der Waals surface area contributed by atoms with E-state index in [9.17, 15) is 0 Å². The Hall–Kier alpha value is -8.27. The Kier molecular flexibility index (Phi) is 9.20. The SMILES string of the molecule is C[C@@H]1C(c2ccc3ccccc3c2)=NC(c2cc(C3CCc4cc5ccccc5cc4-c4ccccc43)cc3oc4ccccc4c23)=CCC1c1cccc2c3ccccc3n(-c3ccccc3)c12. The Morgan fingerprint density at radius 1 is 0.522 bits per heavy atom. The molecule has 1 aliphatic carbocycles. The average Bonchev–Trinajstić information content (AvgIpc) is 3.83. The molecule has 0 N–H and O–H groups in total. The van der Waals surface area contributed by atoms with Gasteiger partial charge in [0, 0.05) is 44.6 Å². The van der Waals surface area contributed by atoms with E-state index in [0.717, 1.165) is 63.7 Å². The third-order valence-corrected chi connectivity index (χ3v) is 15.5. The Morgan fingerprint density at radius 3 is 2.09 bits per heavy atom. The van der Waals surface area contributed by atoms with Gasteiger partial charge < -0.3 is 8.98 Å². The normalized spacial score (nSPS) is 17.2. The number of aryl methyl sites for hydroxylation is 1. The second-order valence-electron chi connectivity index (χ2n) is 19.3. The van der Waals surface area contributed by atoms with Crippen molar-refractivity contribution in [3.8, 4) is 16.8 Å². The molecule has 0 bridgehead atoms. The summed E-state index contributed by atoms with van der Waals surface area (Å²) in [5, 5.41) is 9.79. The van der Waals surface area contributed by atoms with Crippen LogP contribution in [-0.4, -0.2) is 10.3 Å². The summed E-state index contributed by atoms with van der Waals surface area (Å²) in [6, 6.07) is 78.4. The van der Waals surface area contributed by atoms with Gasteiger partial charge in [-0.15, -0.1) is 0 Å². The lowest BCUT2D eigenvalue weighted by Gasteiger charge is -2.25. The first-order chi connectivity index (χ1) is 34.1. The topological polar surface area (TPSA) is 30.4 Å². The minimum Gasteiger partial charge on any atom is -0.456 e. The zero-order valence-corrected chi connectivity index (χ0v) is 38.4. The molecule has 0 amide bonds. The number of aliphatic imine (C=N–C) groups is 1. The van der Waals surface area contributed by atoms with Crippen molar-refractivity contribution in [1.82, 2.24) is 4.57 Å². The molecule has 328 valence electrons. The van der Waals surface area contributed by atoms with E-state index in [1.54, 1.807) is 0 Å². The zero-order chi connectivity index (χ0) is 45.6. The van der Waals surface area contributed by atoms with Crippen LogP contribution in [0.15, 0.2) is 228 Å². The van der Waals surface area contributed by atoms with Crippen LogP contribution in [0, 0.1) is 5.92 Å². The first-order valence-electron chi connectivity index (χ1n) is 24.5. The number of nitrogens with zero attached hydrogens (tertiary/aromatic N) is 2. The van der Waals surface area contributed by atoms with E-state index in [-0.39, 0.29) is 17.8 Å². The lowest BCUT2D eigenvalue weighted by molar-refractivity contribution is 0.588. The lowest BCUT2D eigenvalue weighted by atomic mass is 9.79. The first kappa shape index (κ1) is 39.9. The molecule has 0 saturated carbocycles. The summed E-state index contributed by atoms with van der Waals surface area (Å²) in [5.74, 6) is 0.327. The summed E-state index contributed by atoms with van der Waals surface area (Å²) < 4.78 is 9.40. The molecule has 69 heavy (non-hydrogen) atoms. The standard InChI is InChI=1S/C66H48N2O/c1-41-50(55-26-15-27-56-54-24-11-13-28-61(54)68(66(55)56)49-20-3-2-4-21-49)34-35-60(67-65(41)47-31-30-42-16-5-6-17-43(42)37-47)59-39-48(40-63-64(59)57-25-12-14-29-62(57)69-63)51-33-32-46-36-44-18-7-8-19-45(44)38-58(46)53-23-10-9-22-52(51)53/h2-31,35-41,50-51H,32-34H2,1H3/t41-,50?,51?/m0/s1. The molecule has 0 radical (unpaired) electrons. The Labute approximate surface area is 401 Å². The summed E-state index contributed by atoms with van der Waals surface area (Å²) in [7, 11) is 0. The van der Waals surface area contributed by atoms with Gasteiger partial charge >= 0.3 is 0 Å². The first-order valence-corrected chi connectivity index (χ1v) is 24.5. The second kappa shape index (κ2) is 15.9. The molecule has 0 fully saturated rings. The van der Waals surface area contributed by atoms with E-state index in [1.807, 2.05) is 0 Å². The van der Waals surface area contributed by atoms with Crippen molar-refractivity contribution in [2.75, 3.05) is 0 Å². The van der Waals surface area contributed by atoms with Gasteiger partial charge in [-0.1, -0.05) is 177 Å². The highest BCUT2D eigenvalue weighted by atomic mass is 16.3. The van der Waals surface area contributed by atoms with Crippen molar-refractivity contribution in [2.24, 2.45) is 10.9 Å². The zero-order valence-electron chi connectivity index (χ0n) is 38.4. The van der Waals surface area contributed by atoms with Gasteiger partial charge in [0.05, 0.1) is 22.4 Å². The van der Waals surface area contributed by atoms with E-state index in [4.69, 9.17) is 9.41 Å². The maximum Gasteiger partial charge on any atom is 0.136 e. The van der Waals surface area contributed by atoms with E-state index in [1.165, 1.54) is 82.4 Å². The fourth-order valence-corrected chi connectivity index (χ4v) is 12.2. The largest absolute Gasteiger partial charge is 0.456 e. The number of benzene rings is 10. The van der Waals surface area contributed by atoms with Crippen LogP contribution in [0.4, 0.5) is 0 Å². The number of aromatic nitrogens is 1. The monoisotopic (exact) mass is 884 g/mol. The molecule has 3 heteroatoms. The van der Waals surface area contributed by atoms with Crippen LogP contribution in [-0.2, 0) is 6.42 Å². The number of para-hydroxylation sites is 4. The molecular formula is C66H48N2O. The molecule has 1 aliphatic heterocycles. The van der Waals surface area contributed by atoms with Crippen molar-refractivity contribution >= 4 is 76.7 Å². The summed E-state index contributed by atoms with van der Waals surface area (Å²) in [6.07, 6.45) is 5.22. The van der Waals surface area contributed by atoms with Crippen molar-refractivity contribution in [3.05, 3.63) is 252 Å². The van der Waals surface area contributed by atoms with Crippen molar-refractivity contribution < 1.29 is 4.42 Å². The number of furan rings is 1. The molecule has 12 aromatic rings. The summed E-state index contributed by atoms with van der Waals surface area (Å²) in [6.45, 7) is 2.41. The quantitative estimate of drug-likeness (QED) is 0.169. The fourth-order valence-electron chi connectivity index (χ4n) is 12.2. The Bertz CT molecular complexity index is 4090. The minimum absolute atomic E-state index is 0.0651. The highest BCUT2D eigenvalue weighted by molar-refractivity contribution is 6.14. The number of hydrogen-bond acceptors (Lipinski definition) is 2. The summed E-state index contributed by atoms with van der Waals surface area (Å²) in [5.41, 5.74) is 17.8. The fraction of sp³-hybridized carbons (Fsp3) is 0.106. The summed E-state index contributed by atoms with van der Waals surface area (Å²) in [4.78, 5) is 5.96. The van der Waals surface area contributed by atoms with E-state index < -0.39 is 0 Å². The molecule has 2 unspecified atom stereocenters. The molecular weight excluding hydrogens is 837 g/mol. The maximum absolute atomic E-state index is 6.91. The van der Waals surface area contributed by atoms with E-state index in [2.05, 4.69) is 230 Å². The van der Waals surface area contributed by atoms with E-state index in [0.29, 0.717) is 0 Å². The Morgan fingerprint density at radius 2 is 1.22 bits per heavy atom. The predicted molar refractivity (Wildman–Crippen MR) is 289 cm³/mol. The van der Waals surface area contributed by atoms with Gasteiger partial charge in [0.2, 0.25) is 0 Å². The molecule has 3 heterocycles. The number of rotatable bonds is 5. The van der Waals surface area contributed by atoms with Crippen LogP contribution in [0.5, 0.6) is 0 Å². The van der Waals surface area contributed by atoms with Crippen LogP contribution >= 0.6 is 0 Å². The van der Waals surface area contributed by atoms with Gasteiger partial charge in [-0.3, -0.25) is 4.99 Å². The van der Waals surface area contributed by atoms with Gasteiger partial charge in [-0.2, -0.15) is 0 Å². The third-order valence-electron chi connectivity index (χ3n) is 15.5. The highest BCUT2D eigenvalue weighted by Crippen LogP contribution is 2.48. The number of fused-ring (bicyclic) bond motifs is 11. The maximum atomic E-state index is 6.91. The summed E-state index contributed by atoms with van der Waals surface area (Å²) >= 11 is 0. The van der Waals surface area contributed by atoms with Crippen LogP contribution < -0.4 is 0 Å². The highest BCUT2D eigenvalue weighted by Gasteiger charge is 2.32. The van der Waals surface area contributed by atoms with Crippen LogP contribution in [0.3, 0.4) is 0 Å². The molecule has 3 nitrogen and oxygen atoms in total. The lowest BCUT2D eigenvalue weighted by Crippen LogP contribution is -2.20. The number of allylic oxidation sites excluding steroid dienone is 1. The Balaban J connectivity index is 0.998. The second-order valence-corrected chi connectivity index (χ2v) is 19.3. The van der Waals surface area contributed by atoms with Gasteiger partial charge in [0.15, 0.2) is 0 Å². The van der Waals surface area contributed by atoms with Gasteiger partial charge in [0.1, 0.15) is 11.2 Å². The van der Waals surface area contributed by atoms with Crippen molar-refractivity contribution in [1.29, 1.82) is 0 Å². The molecule has 2 aromatic heterocycles. The molecule has 3 atom stereocenters. The smallest absolute Gasteiger partial charge is 0.136 e. The van der Waals surface area contributed by atoms with E-state index >= 15 is 0 Å². The van der Waals surface area contributed by atoms with Gasteiger partial charge in [-0.25, -0.2) is 0 Å². The molecule has 2 aliphatic rings. The van der Waals surface area contributed by atoms with Crippen LogP contribution in [0.25, 0.3) is 87.8 Å². The van der Waals surface area contributed by atoms with Gasteiger partial charge in [0.25, 0.3) is 0 Å². The van der Waals surface area contributed by atoms with Crippen LogP contribution in [0.2, 0.25) is 0 Å². The van der Waals surface area contributed by atoms with Crippen molar-refractivity contribution in [3.63, 3.8) is 0 Å². The van der Waals surface area contributed by atoms with Gasteiger partial charge in [-0.05, 0) is 134 Å². The average molecular weight is 885 g/mol. The van der Waals surface area contributed by atoms with Crippen LogP contribution in [0.1, 0.15) is 65.0 Å². The predicted octanol–water partition coefficient (Wildman–Crippen LogP) is 17.4.